The van der Waals surface area contributed by atoms with Crippen molar-refractivity contribution in [3.8, 4) is 0 Å². The predicted octanol–water partition coefficient (Wildman–Crippen LogP) is 2.54. The quantitative estimate of drug-likeness (QED) is 0.849. The van der Waals surface area contributed by atoms with Crippen LogP contribution in [-0.2, 0) is 11.3 Å². The Labute approximate surface area is 131 Å². The molecule has 2 rings (SSSR count). The largest absolute Gasteiger partial charge is 0.371 e. The molecule has 0 bridgehead atoms. The molecule has 3 N–H and O–H groups in total. The number of carbonyl (C=O) groups is 1. The standard InChI is InChI=1S/C16H24ClN3O/c1-2-19-11-13-14(17)4-3-5-15(13)20-8-6-12(7-9-20)10-16(18)21/h3-5,12,19H,2,6-11H2,1H3,(H2,18,21). The van der Waals surface area contributed by atoms with Crippen molar-refractivity contribution < 1.29 is 4.79 Å². The smallest absolute Gasteiger partial charge is 0.217 e. The van der Waals surface area contributed by atoms with Crippen LogP contribution in [0.2, 0.25) is 5.02 Å². The van der Waals surface area contributed by atoms with E-state index in [1.54, 1.807) is 0 Å². The number of benzene rings is 1. The van der Waals surface area contributed by atoms with E-state index < -0.39 is 0 Å². The number of anilines is 1. The molecule has 0 atom stereocenters. The third kappa shape index (κ3) is 4.35. The van der Waals surface area contributed by atoms with Gasteiger partial charge in [-0.3, -0.25) is 4.79 Å². The van der Waals surface area contributed by atoms with Gasteiger partial charge in [-0.25, -0.2) is 0 Å². The van der Waals surface area contributed by atoms with Gasteiger partial charge in [0.1, 0.15) is 0 Å². The highest BCUT2D eigenvalue weighted by Crippen LogP contribution is 2.31. The van der Waals surface area contributed by atoms with E-state index in [9.17, 15) is 4.79 Å². The van der Waals surface area contributed by atoms with Crippen molar-refractivity contribution in [1.82, 2.24) is 5.32 Å². The van der Waals surface area contributed by atoms with Crippen molar-refractivity contribution in [2.45, 2.75) is 32.7 Å². The molecule has 1 fully saturated rings. The van der Waals surface area contributed by atoms with Crippen LogP contribution in [0, 0.1) is 5.92 Å². The Balaban J connectivity index is 2.05. The zero-order valence-electron chi connectivity index (χ0n) is 12.6. The van der Waals surface area contributed by atoms with Gasteiger partial charge in [0.25, 0.3) is 0 Å². The highest BCUT2D eigenvalue weighted by atomic mass is 35.5. The highest BCUT2D eigenvalue weighted by molar-refractivity contribution is 6.31. The van der Waals surface area contributed by atoms with E-state index in [1.807, 2.05) is 12.1 Å². The summed E-state index contributed by atoms with van der Waals surface area (Å²) in [5, 5.41) is 4.16. The number of hydrogen-bond acceptors (Lipinski definition) is 3. The van der Waals surface area contributed by atoms with Gasteiger partial charge in [0, 0.05) is 42.3 Å². The average molecular weight is 310 g/mol. The molecule has 1 saturated heterocycles. The maximum absolute atomic E-state index is 11.0. The van der Waals surface area contributed by atoms with Crippen molar-refractivity contribution in [3.05, 3.63) is 28.8 Å². The minimum atomic E-state index is -0.191. The zero-order chi connectivity index (χ0) is 15.2. The Kier molecular flexibility index (Phi) is 5.88. The van der Waals surface area contributed by atoms with Gasteiger partial charge < -0.3 is 16.0 Å². The first-order chi connectivity index (χ1) is 10.1. The summed E-state index contributed by atoms with van der Waals surface area (Å²) in [7, 11) is 0. The molecule has 21 heavy (non-hydrogen) atoms. The molecule has 1 aromatic carbocycles. The molecule has 116 valence electrons. The molecule has 1 aliphatic heterocycles. The summed E-state index contributed by atoms with van der Waals surface area (Å²) in [5.74, 6) is 0.235. The summed E-state index contributed by atoms with van der Waals surface area (Å²) in [6, 6.07) is 6.08. The Morgan fingerprint density at radius 2 is 2.14 bits per heavy atom. The Morgan fingerprint density at radius 3 is 2.76 bits per heavy atom. The Hall–Kier alpha value is -1.26. The van der Waals surface area contributed by atoms with E-state index in [0.717, 1.165) is 49.6 Å². The summed E-state index contributed by atoms with van der Waals surface area (Å²) in [5.41, 5.74) is 7.66. The van der Waals surface area contributed by atoms with E-state index in [0.29, 0.717) is 12.3 Å². The SMILES string of the molecule is CCNCc1c(Cl)cccc1N1CCC(CC(N)=O)CC1. The van der Waals surface area contributed by atoms with Crippen molar-refractivity contribution >= 4 is 23.2 Å². The average Bonchev–Trinajstić information content (AvgIpc) is 2.46. The highest BCUT2D eigenvalue weighted by Gasteiger charge is 2.22. The number of nitrogens with two attached hydrogens (primary N) is 1. The van der Waals surface area contributed by atoms with Gasteiger partial charge >= 0.3 is 0 Å². The monoisotopic (exact) mass is 309 g/mol. The van der Waals surface area contributed by atoms with E-state index in [-0.39, 0.29) is 5.91 Å². The van der Waals surface area contributed by atoms with Crippen LogP contribution < -0.4 is 16.0 Å². The first-order valence-corrected chi connectivity index (χ1v) is 8.01. The normalized spacial score (nSPS) is 16.2. The van der Waals surface area contributed by atoms with Crippen molar-refractivity contribution in [3.63, 3.8) is 0 Å². The van der Waals surface area contributed by atoms with Crippen LogP contribution >= 0.6 is 11.6 Å². The number of hydrogen-bond donors (Lipinski definition) is 2. The summed E-state index contributed by atoms with van der Waals surface area (Å²) in [6.07, 6.45) is 2.53. The van der Waals surface area contributed by atoms with Crippen LogP contribution in [0.25, 0.3) is 0 Å². The Morgan fingerprint density at radius 1 is 1.43 bits per heavy atom. The molecule has 0 aliphatic carbocycles. The van der Waals surface area contributed by atoms with Gasteiger partial charge in [0.05, 0.1) is 0 Å². The van der Waals surface area contributed by atoms with Crippen molar-refractivity contribution in [2.75, 3.05) is 24.5 Å². The minimum Gasteiger partial charge on any atom is -0.371 e. The summed E-state index contributed by atoms with van der Waals surface area (Å²) in [6.45, 7) is 5.71. The number of piperidine rings is 1. The van der Waals surface area contributed by atoms with Crippen LogP contribution in [0.15, 0.2) is 18.2 Å². The van der Waals surface area contributed by atoms with Crippen LogP contribution in [0.4, 0.5) is 5.69 Å². The van der Waals surface area contributed by atoms with Crippen LogP contribution in [-0.4, -0.2) is 25.5 Å². The zero-order valence-corrected chi connectivity index (χ0v) is 13.3. The van der Waals surface area contributed by atoms with E-state index in [1.165, 1.54) is 5.69 Å². The molecule has 0 radical (unpaired) electrons. The molecule has 0 spiro atoms. The molecule has 1 aliphatic rings. The van der Waals surface area contributed by atoms with Crippen molar-refractivity contribution in [2.24, 2.45) is 11.7 Å². The molecule has 1 heterocycles. The number of carbonyl (C=O) groups excluding carboxylic acids is 1. The fourth-order valence-electron chi connectivity index (χ4n) is 2.93. The molecule has 0 saturated carbocycles. The van der Waals surface area contributed by atoms with E-state index in [4.69, 9.17) is 17.3 Å². The molecule has 1 amide bonds. The van der Waals surface area contributed by atoms with Gasteiger partial charge in [-0.2, -0.15) is 0 Å². The fraction of sp³-hybridized carbons (Fsp3) is 0.562. The molecular weight excluding hydrogens is 286 g/mol. The van der Waals surface area contributed by atoms with E-state index >= 15 is 0 Å². The maximum atomic E-state index is 11.0. The van der Waals surface area contributed by atoms with Gasteiger partial charge in [0.15, 0.2) is 0 Å². The third-order valence-electron chi connectivity index (χ3n) is 4.09. The molecule has 4 nitrogen and oxygen atoms in total. The second-order valence-corrected chi connectivity index (χ2v) is 6.03. The fourth-order valence-corrected chi connectivity index (χ4v) is 3.17. The number of primary amides is 1. The number of amides is 1. The second kappa shape index (κ2) is 7.66. The lowest BCUT2D eigenvalue weighted by Gasteiger charge is -2.34. The van der Waals surface area contributed by atoms with Crippen molar-refractivity contribution in [1.29, 1.82) is 0 Å². The maximum Gasteiger partial charge on any atom is 0.217 e. The summed E-state index contributed by atoms with van der Waals surface area (Å²) in [4.78, 5) is 13.4. The molecule has 0 unspecified atom stereocenters. The topological polar surface area (TPSA) is 58.4 Å². The lowest BCUT2D eigenvalue weighted by molar-refractivity contribution is -0.119. The molecule has 0 aromatic heterocycles. The second-order valence-electron chi connectivity index (χ2n) is 5.62. The van der Waals surface area contributed by atoms with E-state index in [2.05, 4.69) is 23.2 Å². The van der Waals surface area contributed by atoms with Crippen LogP contribution in [0.1, 0.15) is 31.7 Å². The Bertz CT molecular complexity index is 484. The summed E-state index contributed by atoms with van der Waals surface area (Å²) < 4.78 is 0. The number of rotatable bonds is 6. The van der Waals surface area contributed by atoms with Gasteiger partial charge in [0.2, 0.25) is 5.91 Å². The molecule has 1 aromatic rings. The molecular formula is C16H24ClN3O. The first-order valence-electron chi connectivity index (χ1n) is 7.63. The number of halogens is 1. The van der Waals surface area contributed by atoms with Gasteiger partial charge in [-0.05, 0) is 37.4 Å². The minimum absolute atomic E-state index is 0.191. The van der Waals surface area contributed by atoms with Gasteiger partial charge in [-0.1, -0.05) is 24.6 Å². The van der Waals surface area contributed by atoms with Crippen LogP contribution in [0.5, 0.6) is 0 Å². The molecule has 5 heteroatoms. The lowest BCUT2D eigenvalue weighted by atomic mass is 9.92. The number of nitrogens with one attached hydrogen (secondary N) is 1. The number of nitrogens with zero attached hydrogens (tertiary/aromatic N) is 1. The third-order valence-corrected chi connectivity index (χ3v) is 4.45. The summed E-state index contributed by atoms with van der Waals surface area (Å²) >= 11 is 6.35. The first kappa shape index (κ1) is 16.1. The van der Waals surface area contributed by atoms with Crippen LogP contribution in [0.3, 0.4) is 0 Å². The van der Waals surface area contributed by atoms with Gasteiger partial charge in [-0.15, -0.1) is 0 Å². The predicted molar refractivity (Wildman–Crippen MR) is 87.6 cm³/mol. The lowest BCUT2D eigenvalue weighted by Crippen LogP contribution is -2.36.